The van der Waals surface area contributed by atoms with Gasteiger partial charge in [0.1, 0.15) is 0 Å². The van der Waals surface area contributed by atoms with Crippen LogP contribution in [0.3, 0.4) is 0 Å². The molecular weight excluding hydrogens is 208 g/mol. The van der Waals surface area contributed by atoms with E-state index in [1.54, 1.807) is 4.90 Å². The molecular formula is C11H20N2O3. The zero-order valence-corrected chi connectivity index (χ0v) is 9.69. The van der Waals surface area contributed by atoms with Crippen LogP contribution in [0.15, 0.2) is 0 Å². The van der Waals surface area contributed by atoms with Crippen molar-refractivity contribution in [3.63, 3.8) is 0 Å². The summed E-state index contributed by atoms with van der Waals surface area (Å²) in [4.78, 5) is 24.3. The molecule has 1 rings (SSSR count). The van der Waals surface area contributed by atoms with Gasteiger partial charge in [0.2, 0.25) is 5.91 Å². The number of nitrogens with two attached hydrogens (primary N) is 1. The van der Waals surface area contributed by atoms with Crippen molar-refractivity contribution in [3.8, 4) is 0 Å². The van der Waals surface area contributed by atoms with Gasteiger partial charge in [-0.2, -0.15) is 0 Å². The Morgan fingerprint density at radius 3 is 2.81 bits per heavy atom. The summed E-state index contributed by atoms with van der Waals surface area (Å²) in [6, 6.07) is -0.474. The topological polar surface area (TPSA) is 83.6 Å². The average molecular weight is 228 g/mol. The highest BCUT2D eigenvalue weighted by Gasteiger charge is 2.29. The van der Waals surface area contributed by atoms with Gasteiger partial charge in [-0.1, -0.05) is 13.3 Å². The number of amides is 1. The molecule has 1 amide bonds. The van der Waals surface area contributed by atoms with Crippen LogP contribution >= 0.6 is 0 Å². The molecule has 1 heterocycles. The van der Waals surface area contributed by atoms with E-state index >= 15 is 0 Å². The fourth-order valence-corrected chi connectivity index (χ4v) is 2.05. The zero-order valence-electron chi connectivity index (χ0n) is 9.69. The summed E-state index contributed by atoms with van der Waals surface area (Å²) >= 11 is 0. The summed E-state index contributed by atoms with van der Waals surface area (Å²) in [5.41, 5.74) is 5.74. The lowest BCUT2D eigenvalue weighted by Crippen LogP contribution is -2.49. The number of rotatable bonds is 4. The maximum absolute atomic E-state index is 11.9. The van der Waals surface area contributed by atoms with E-state index in [2.05, 4.69) is 0 Å². The molecule has 1 aliphatic heterocycles. The van der Waals surface area contributed by atoms with E-state index in [0.717, 1.165) is 12.8 Å². The monoisotopic (exact) mass is 228 g/mol. The van der Waals surface area contributed by atoms with Gasteiger partial charge >= 0.3 is 5.97 Å². The van der Waals surface area contributed by atoms with Crippen molar-refractivity contribution in [2.45, 2.75) is 38.6 Å². The number of carboxylic acids is 1. The number of hydrogen-bond acceptors (Lipinski definition) is 3. The molecule has 0 aromatic heterocycles. The van der Waals surface area contributed by atoms with Gasteiger partial charge < -0.3 is 15.7 Å². The van der Waals surface area contributed by atoms with Crippen LogP contribution in [-0.4, -0.2) is 41.0 Å². The number of carbonyl (C=O) groups is 2. The fraction of sp³-hybridized carbons (Fsp3) is 0.818. The maximum Gasteiger partial charge on any atom is 0.308 e. The molecule has 0 radical (unpaired) electrons. The fourth-order valence-electron chi connectivity index (χ4n) is 2.05. The Labute approximate surface area is 95.6 Å². The minimum Gasteiger partial charge on any atom is -0.481 e. The van der Waals surface area contributed by atoms with Gasteiger partial charge in [0.25, 0.3) is 0 Å². The van der Waals surface area contributed by atoms with Gasteiger partial charge in [0, 0.05) is 13.1 Å². The van der Waals surface area contributed by atoms with Gasteiger partial charge in [-0.25, -0.2) is 0 Å². The van der Waals surface area contributed by atoms with Gasteiger partial charge in [-0.05, 0) is 19.3 Å². The van der Waals surface area contributed by atoms with Crippen LogP contribution < -0.4 is 5.73 Å². The summed E-state index contributed by atoms with van der Waals surface area (Å²) in [6.45, 7) is 2.93. The summed E-state index contributed by atoms with van der Waals surface area (Å²) in [6.07, 6.45) is 2.93. The molecule has 0 spiro atoms. The third-order valence-corrected chi connectivity index (χ3v) is 3.00. The molecule has 0 bridgehead atoms. The van der Waals surface area contributed by atoms with Gasteiger partial charge in [-0.3, -0.25) is 9.59 Å². The number of nitrogens with zero attached hydrogens (tertiary/aromatic N) is 1. The van der Waals surface area contributed by atoms with E-state index in [1.807, 2.05) is 6.92 Å². The number of piperidine rings is 1. The first-order valence-electron chi connectivity index (χ1n) is 5.83. The second kappa shape index (κ2) is 5.84. The van der Waals surface area contributed by atoms with Crippen LogP contribution in [0.1, 0.15) is 32.6 Å². The Morgan fingerprint density at radius 2 is 2.25 bits per heavy atom. The molecule has 1 unspecified atom stereocenters. The number of hydrogen-bond donors (Lipinski definition) is 2. The van der Waals surface area contributed by atoms with E-state index in [9.17, 15) is 9.59 Å². The molecule has 5 heteroatoms. The van der Waals surface area contributed by atoms with Crippen LogP contribution in [0, 0.1) is 5.92 Å². The van der Waals surface area contributed by atoms with Crippen LogP contribution in [0.2, 0.25) is 0 Å². The first-order chi connectivity index (χ1) is 7.56. The van der Waals surface area contributed by atoms with Gasteiger partial charge in [0.15, 0.2) is 0 Å². The largest absolute Gasteiger partial charge is 0.481 e. The number of carboxylic acid groups (broad SMARTS) is 1. The van der Waals surface area contributed by atoms with E-state index in [4.69, 9.17) is 10.8 Å². The Hall–Kier alpha value is -1.10. The highest BCUT2D eigenvalue weighted by Crippen LogP contribution is 2.17. The molecule has 0 aromatic rings. The first-order valence-corrected chi connectivity index (χ1v) is 5.83. The maximum atomic E-state index is 11.9. The highest BCUT2D eigenvalue weighted by atomic mass is 16.4. The molecule has 3 N–H and O–H groups in total. The Balaban J connectivity index is 2.53. The van der Waals surface area contributed by atoms with Crippen molar-refractivity contribution in [1.29, 1.82) is 0 Å². The Kier molecular flexibility index (Phi) is 4.73. The van der Waals surface area contributed by atoms with Crippen molar-refractivity contribution in [1.82, 2.24) is 4.90 Å². The number of carbonyl (C=O) groups excluding carboxylic acids is 1. The highest BCUT2D eigenvalue weighted by molar-refractivity contribution is 5.82. The third-order valence-electron chi connectivity index (χ3n) is 3.00. The van der Waals surface area contributed by atoms with Crippen molar-refractivity contribution in [2.75, 3.05) is 13.1 Å². The van der Waals surface area contributed by atoms with Crippen LogP contribution in [0.25, 0.3) is 0 Å². The number of aliphatic carboxylic acids is 1. The van der Waals surface area contributed by atoms with E-state index < -0.39 is 17.9 Å². The zero-order chi connectivity index (χ0) is 12.1. The Bertz CT molecular complexity index is 268. The SMILES string of the molecule is CCC[C@@H](N)C(=O)N1CCCC(C(=O)O)C1. The molecule has 0 saturated carbocycles. The second-order valence-electron chi connectivity index (χ2n) is 4.36. The van der Waals surface area contributed by atoms with Crippen LogP contribution in [0.5, 0.6) is 0 Å². The normalized spacial score (nSPS) is 22.9. The van der Waals surface area contributed by atoms with E-state index in [-0.39, 0.29) is 5.91 Å². The minimum atomic E-state index is -0.818. The molecule has 1 saturated heterocycles. The smallest absolute Gasteiger partial charge is 0.308 e. The van der Waals surface area contributed by atoms with Crippen molar-refractivity contribution in [3.05, 3.63) is 0 Å². The molecule has 1 fully saturated rings. The van der Waals surface area contributed by atoms with Crippen molar-refractivity contribution < 1.29 is 14.7 Å². The first kappa shape index (κ1) is 13.0. The second-order valence-corrected chi connectivity index (χ2v) is 4.36. The molecule has 1 aliphatic rings. The summed E-state index contributed by atoms with van der Waals surface area (Å²) < 4.78 is 0. The van der Waals surface area contributed by atoms with Gasteiger partial charge in [0.05, 0.1) is 12.0 Å². The summed E-state index contributed by atoms with van der Waals surface area (Å²) in [7, 11) is 0. The lowest BCUT2D eigenvalue weighted by Gasteiger charge is -2.32. The minimum absolute atomic E-state index is 0.104. The van der Waals surface area contributed by atoms with E-state index in [1.165, 1.54) is 0 Å². The molecule has 0 aliphatic carbocycles. The van der Waals surface area contributed by atoms with E-state index in [0.29, 0.717) is 25.9 Å². The molecule has 2 atom stereocenters. The average Bonchev–Trinajstić information content (AvgIpc) is 2.28. The predicted octanol–water partition coefficient (Wildman–Crippen LogP) is 0.437. The molecule has 16 heavy (non-hydrogen) atoms. The van der Waals surface area contributed by atoms with Crippen LogP contribution in [-0.2, 0) is 9.59 Å². The van der Waals surface area contributed by atoms with Gasteiger partial charge in [-0.15, -0.1) is 0 Å². The quantitative estimate of drug-likeness (QED) is 0.731. The van der Waals surface area contributed by atoms with Crippen LogP contribution in [0.4, 0.5) is 0 Å². The molecule has 5 nitrogen and oxygen atoms in total. The predicted molar refractivity (Wildman–Crippen MR) is 59.8 cm³/mol. The number of likely N-dealkylation sites (tertiary alicyclic amines) is 1. The summed E-state index contributed by atoms with van der Waals surface area (Å²) in [5, 5.41) is 8.91. The van der Waals surface area contributed by atoms with Crippen molar-refractivity contribution in [2.24, 2.45) is 11.7 Å². The lowest BCUT2D eigenvalue weighted by atomic mass is 9.97. The third kappa shape index (κ3) is 3.20. The lowest BCUT2D eigenvalue weighted by molar-refractivity contribution is -0.146. The Morgan fingerprint density at radius 1 is 1.56 bits per heavy atom. The summed E-state index contributed by atoms with van der Waals surface area (Å²) in [5.74, 6) is -1.35. The molecule has 0 aromatic carbocycles. The van der Waals surface area contributed by atoms with Crippen molar-refractivity contribution >= 4 is 11.9 Å². The molecule has 92 valence electrons. The standard InChI is InChI=1S/C11H20N2O3/c1-2-4-9(12)10(14)13-6-3-5-8(7-13)11(15)16/h8-9H,2-7,12H2,1H3,(H,15,16)/t8?,9-/m1/s1.